The first-order chi connectivity index (χ1) is 34.7. The molecule has 0 saturated heterocycles. The topological polar surface area (TPSA) is 58.4 Å². The predicted molar refractivity (Wildman–Crippen MR) is 288 cm³/mol. The first kappa shape index (κ1) is 38.5. The number of nitrogens with zero attached hydrogens (tertiary/aromatic N) is 7. The van der Waals surface area contributed by atoms with Gasteiger partial charge in [-0.2, -0.15) is 9.97 Å². The molecule has 15 aromatic rings. The average Bonchev–Trinajstić information content (AvgIpc) is 4.16. The molecule has 7 nitrogen and oxygen atoms in total. The van der Waals surface area contributed by atoms with E-state index in [1.54, 1.807) is 0 Å². The first-order valence-electron chi connectivity index (χ1n) is 23.7. The zero-order chi connectivity index (χ0) is 45.9. The van der Waals surface area contributed by atoms with Gasteiger partial charge in [0.1, 0.15) is 0 Å². The summed E-state index contributed by atoms with van der Waals surface area (Å²) >= 11 is 0. The second-order valence-electron chi connectivity index (χ2n) is 18.0. The van der Waals surface area contributed by atoms with Crippen LogP contribution in [-0.2, 0) is 0 Å². The number of aromatic nitrogens is 7. The normalized spacial score (nSPS) is 12.0. The van der Waals surface area contributed by atoms with Crippen LogP contribution >= 0.6 is 0 Å². The largest absolute Gasteiger partial charge is 0.309 e. The fraction of sp³-hybridized carbons (Fsp3) is 0. The van der Waals surface area contributed by atoms with Crippen LogP contribution in [0.1, 0.15) is 0 Å². The zero-order valence-electron chi connectivity index (χ0n) is 37.6. The number of hydrogen-bond donors (Lipinski definition) is 0. The van der Waals surface area contributed by atoms with Crippen LogP contribution in [0.25, 0.3) is 133 Å². The SMILES string of the molecule is c1ccc(-c2nc(-c3ccc4c(c3)c3ccccc3n4-c3ccccc3)nc(-n3c4ccc(-n5c6ccccc6c6ccccc65)cc4c4ccc5c6ccccc6n(-c6ccccc6)c5c43)n2)cc1. The minimum atomic E-state index is 0.539. The predicted octanol–water partition coefficient (Wildman–Crippen LogP) is 15.6. The lowest BCUT2D eigenvalue weighted by Crippen LogP contribution is -2.07. The van der Waals surface area contributed by atoms with Gasteiger partial charge in [0.05, 0.1) is 44.1 Å². The quantitative estimate of drug-likeness (QED) is 0.167. The molecule has 0 radical (unpaired) electrons. The lowest BCUT2D eigenvalue weighted by atomic mass is 10.1. The second kappa shape index (κ2) is 15.0. The molecule has 0 bridgehead atoms. The molecule has 10 aromatic carbocycles. The van der Waals surface area contributed by atoms with Gasteiger partial charge in [-0.3, -0.25) is 4.57 Å². The van der Waals surface area contributed by atoms with Crippen molar-refractivity contribution in [1.29, 1.82) is 0 Å². The van der Waals surface area contributed by atoms with Crippen LogP contribution < -0.4 is 0 Å². The number of hydrogen-bond acceptors (Lipinski definition) is 3. The summed E-state index contributed by atoms with van der Waals surface area (Å²) in [7, 11) is 0. The van der Waals surface area contributed by atoms with Crippen molar-refractivity contribution in [2.45, 2.75) is 0 Å². The number of fused-ring (bicyclic) bond motifs is 13. The molecule has 326 valence electrons. The Morgan fingerprint density at radius 3 is 1.24 bits per heavy atom. The van der Waals surface area contributed by atoms with E-state index in [1.165, 1.54) is 21.5 Å². The van der Waals surface area contributed by atoms with Crippen LogP contribution in [0.4, 0.5) is 0 Å². The Labute approximate surface area is 401 Å². The van der Waals surface area contributed by atoms with Gasteiger partial charge in [0.25, 0.3) is 0 Å². The maximum absolute atomic E-state index is 5.56. The number of rotatable bonds is 6. The first-order valence-corrected chi connectivity index (χ1v) is 23.7. The van der Waals surface area contributed by atoms with Crippen molar-refractivity contribution in [3.63, 3.8) is 0 Å². The molecule has 5 aromatic heterocycles. The maximum atomic E-state index is 5.56. The van der Waals surface area contributed by atoms with E-state index in [-0.39, 0.29) is 0 Å². The fourth-order valence-electron chi connectivity index (χ4n) is 11.2. The highest BCUT2D eigenvalue weighted by Crippen LogP contribution is 2.43. The van der Waals surface area contributed by atoms with Crippen molar-refractivity contribution in [1.82, 2.24) is 33.2 Å². The summed E-state index contributed by atoms with van der Waals surface area (Å²) in [6.45, 7) is 0. The Balaban J connectivity index is 1.06. The molecule has 0 aliphatic carbocycles. The molecule has 5 heterocycles. The molecule has 7 heteroatoms. The minimum absolute atomic E-state index is 0.539. The highest BCUT2D eigenvalue weighted by molar-refractivity contribution is 6.24. The summed E-state index contributed by atoms with van der Waals surface area (Å²) < 4.78 is 9.43. The fourth-order valence-corrected chi connectivity index (χ4v) is 11.2. The van der Waals surface area contributed by atoms with Gasteiger partial charge in [-0.15, -0.1) is 0 Å². The van der Waals surface area contributed by atoms with Crippen LogP contribution in [0.15, 0.2) is 237 Å². The third-order valence-corrected chi connectivity index (χ3v) is 14.2. The van der Waals surface area contributed by atoms with E-state index < -0.39 is 0 Å². The molecule has 70 heavy (non-hydrogen) atoms. The monoisotopic (exact) mass is 893 g/mol. The molecule has 0 aliphatic heterocycles. The summed E-state index contributed by atoms with van der Waals surface area (Å²) in [5.74, 6) is 1.73. The third kappa shape index (κ3) is 5.60. The summed E-state index contributed by atoms with van der Waals surface area (Å²) in [5, 5.41) is 9.27. The molecule has 0 unspecified atom stereocenters. The number of benzene rings is 10. The second-order valence-corrected chi connectivity index (χ2v) is 18.0. The van der Waals surface area contributed by atoms with E-state index in [9.17, 15) is 0 Å². The van der Waals surface area contributed by atoms with E-state index in [4.69, 9.17) is 15.0 Å². The van der Waals surface area contributed by atoms with Gasteiger partial charge in [-0.25, -0.2) is 4.98 Å². The summed E-state index contributed by atoms with van der Waals surface area (Å²) in [4.78, 5) is 16.3. The molecule has 0 fully saturated rings. The molecule has 0 spiro atoms. The van der Waals surface area contributed by atoms with E-state index in [0.29, 0.717) is 17.6 Å². The molecule has 0 aliphatic rings. The molecule has 15 rings (SSSR count). The average molecular weight is 894 g/mol. The van der Waals surface area contributed by atoms with Crippen LogP contribution in [-0.4, -0.2) is 33.2 Å². The van der Waals surface area contributed by atoms with Crippen molar-refractivity contribution in [2.24, 2.45) is 0 Å². The molecule has 0 amide bonds. The van der Waals surface area contributed by atoms with Crippen molar-refractivity contribution in [3.05, 3.63) is 237 Å². The standard InChI is InChI=1S/C63H39N7/c1-4-18-40(19-5-1)61-64-62(41-32-36-57-51(38-41)48-27-13-16-30-55(48)67(57)42-20-6-2-7-21-42)66-63(65-61)70-58-37-33-44(68-53-28-14-10-24-45(53)46-25-11-15-29-54(46)68)39-52(58)50-35-34-49-47-26-12-17-31-56(47)69(59(49)60(50)70)43-22-8-3-9-23-43/h1-39H. The van der Waals surface area contributed by atoms with Gasteiger partial charge < -0.3 is 13.7 Å². The highest BCUT2D eigenvalue weighted by Gasteiger charge is 2.25. The lowest BCUT2D eigenvalue weighted by molar-refractivity contribution is 0.953. The minimum Gasteiger partial charge on any atom is -0.309 e. The van der Waals surface area contributed by atoms with Crippen LogP contribution in [0.3, 0.4) is 0 Å². The van der Waals surface area contributed by atoms with Crippen molar-refractivity contribution in [2.75, 3.05) is 0 Å². The lowest BCUT2D eigenvalue weighted by Gasteiger charge is -2.13. The van der Waals surface area contributed by atoms with E-state index >= 15 is 0 Å². The summed E-state index contributed by atoms with van der Waals surface area (Å²) in [6.07, 6.45) is 0. The Bertz CT molecular complexity index is 4520. The smallest absolute Gasteiger partial charge is 0.238 e. The van der Waals surface area contributed by atoms with Gasteiger partial charge in [0, 0.05) is 71.3 Å². The molecule has 0 saturated carbocycles. The zero-order valence-corrected chi connectivity index (χ0v) is 37.6. The van der Waals surface area contributed by atoms with E-state index in [0.717, 1.165) is 93.9 Å². The molecular weight excluding hydrogens is 855 g/mol. The Morgan fingerprint density at radius 1 is 0.229 bits per heavy atom. The third-order valence-electron chi connectivity index (χ3n) is 14.2. The van der Waals surface area contributed by atoms with Crippen LogP contribution in [0.5, 0.6) is 0 Å². The van der Waals surface area contributed by atoms with Crippen molar-refractivity contribution < 1.29 is 0 Å². The van der Waals surface area contributed by atoms with Crippen molar-refractivity contribution in [3.8, 4) is 45.8 Å². The van der Waals surface area contributed by atoms with Gasteiger partial charge in [-0.05, 0) is 84.9 Å². The Hall–Kier alpha value is -9.59. The van der Waals surface area contributed by atoms with Crippen molar-refractivity contribution >= 4 is 87.2 Å². The van der Waals surface area contributed by atoms with Crippen LogP contribution in [0, 0.1) is 0 Å². The van der Waals surface area contributed by atoms with Gasteiger partial charge in [0.15, 0.2) is 11.6 Å². The van der Waals surface area contributed by atoms with Gasteiger partial charge in [0.2, 0.25) is 5.95 Å². The molecule has 0 atom stereocenters. The molecule has 0 N–H and O–H groups in total. The van der Waals surface area contributed by atoms with E-state index in [2.05, 4.69) is 237 Å². The maximum Gasteiger partial charge on any atom is 0.238 e. The summed E-state index contributed by atoms with van der Waals surface area (Å²) in [6, 6.07) is 84.3. The Kier molecular flexibility index (Phi) is 8.23. The molecular formula is C63H39N7. The number of para-hydroxylation sites is 6. The highest BCUT2D eigenvalue weighted by atomic mass is 15.2. The van der Waals surface area contributed by atoms with Gasteiger partial charge >= 0.3 is 0 Å². The Morgan fingerprint density at radius 2 is 0.629 bits per heavy atom. The van der Waals surface area contributed by atoms with E-state index in [1.807, 2.05) is 18.2 Å². The van der Waals surface area contributed by atoms with Crippen LogP contribution in [0.2, 0.25) is 0 Å². The van der Waals surface area contributed by atoms with Gasteiger partial charge in [-0.1, -0.05) is 152 Å². The summed E-state index contributed by atoms with van der Waals surface area (Å²) in [5.41, 5.74) is 13.9.